The first kappa shape index (κ1) is 15.1. The van der Waals surface area contributed by atoms with E-state index in [0.29, 0.717) is 0 Å². The average molecular weight is 292 g/mol. The van der Waals surface area contributed by atoms with Gasteiger partial charge in [-0.15, -0.1) is 0 Å². The lowest BCUT2D eigenvalue weighted by Gasteiger charge is -2.23. The molecule has 2 rings (SSSR count). The lowest BCUT2D eigenvalue weighted by molar-refractivity contribution is 0.413. The third-order valence-corrected chi connectivity index (χ3v) is 3.57. The van der Waals surface area contributed by atoms with Gasteiger partial charge in [0.1, 0.15) is 0 Å². The summed E-state index contributed by atoms with van der Waals surface area (Å²) in [6.45, 7) is 9.47. The Labute approximate surface area is 126 Å². The van der Waals surface area contributed by atoms with Crippen LogP contribution in [0.25, 0.3) is 0 Å². The van der Waals surface area contributed by atoms with E-state index in [0.717, 1.165) is 11.6 Å². The summed E-state index contributed by atoms with van der Waals surface area (Å²) in [4.78, 5) is 4.28. The summed E-state index contributed by atoms with van der Waals surface area (Å²) in [6.07, 6.45) is 3.81. The van der Waals surface area contributed by atoms with E-state index in [-0.39, 0.29) is 11.6 Å². The van der Waals surface area contributed by atoms with Gasteiger partial charge in [0.15, 0.2) is 0 Å². The van der Waals surface area contributed by atoms with Crippen LogP contribution in [-0.2, 0) is 6.54 Å². The fourth-order valence-corrected chi connectivity index (χ4v) is 2.20. The Hall–Kier alpha value is -1.32. The predicted octanol–water partition coefficient (Wildman–Crippen LogP) is 4.03. The molecule has 3 nitrogen and oxygen atoms in total. The van der Waals surface area contributed by atoms with Gasteiger partial charge >= 0.3 is 0 Å². The molecule has 4 heteroatoms. The van der Waals surface area contributed by atoms with Gasteiger partial charge in [0.05, 0.1) is 18.1 Å². The molecular formula is C16H22ClN3. The summed E-state index contributed by atoms with van der Waals surface area (Å²) in [5, 5.41) is 4.26. The van der Waals surface area contributed by atoms with Crippen LogP contribution in [0.3, 0.4) is 0 Å². The van der Waals surface area contributed by atoms with Gasteiger partial charge in [-0.2, -0.15) is 0 Å². The minimum absolute atomic E-state index is 0.0958. The van der Waals surface area contributed by atoms with Gasteiger partial charge in [-0.05, 0) is 45.4 Å². The Morgan fingerprint density at radius 1 is 1.25 bits per heavy atom. The van der Waals surface area contributed by atoms with Crippen LogP contribution in [0.15, 0.2) is 36.8 Å². The molecule has 0 saturated heterocycles. The van der Waals surface area contributed by atoms with Crippen molar-refractivity contribution < 1.29 is 0 Å². The van der Waals surface area contributed by atoms with Gasteiger partial charge in [0, 0.05) is 23.3 Å². The van der Waals surface area contributed by atoms with Crippen LogP contribution in [0.1, 0.15) is 45.0 Å². The Morgan fingerprint density at radius 3 is 2.50 bits per heavy atom. The molecule has 0 radical (unpaired) electrons. The molecule has 2 aromatic rings. The van der Waals surface area contributed by atoms with Crippen LogP contribution >= 0.6 is 11.6 Å². The van der Waals surface area contributed by atoms with Gasteiger partial charge in [0.2, 0.25) is 0 Å². The maximum absolute atomic E-state index is 5.94. The molecule has 1 heterocycles. The van der Waals surface area contributed by atoms with Crippen LogP contribution in [0.5, 0.6) is 0 Å². The number of nitrogens with one attached hydrogen (secondary N) is 1. The van der Waals surface area contributed by atoms with Gasteiger partial charge in [0.25, 0.3) is 0 Å². The van der Waals surface area contributed by atoms with E-state index in [9.17, 15) is 0 Å². The van der Waals surface area contributed by atoms with Gasteiger partial charge in [-0.3, -0.25) is 0 Å². The number of nitrogens with zero attached hydrogens (tertiary/aromatic N) is 2. The summed E-state index contributed by atoms with van der Waals surface area (Å²) >= 11 is 5.94. The lowest BCUT2D eigenvalue weighted by atomic mass is 10.1. The molecule has 1 aromatic carbocycles. The van der Waals surface area contributed by atoms with Crippen molar-refractivity contribution in [2.24, 2.45) is 0 Å². The molecule has 20 heavy (non-hydrogen) atoms. The van der Waals surface area contributed by atoms with Crippen LogP contribution in [-0.4, -0.2) is 15.1 Å². The van der Waals surface area contributed by atoms with Crippen molar-refractivity contribution in [1.82, 2.24) is 14.9 Å². The van der Waals surface area contributed by atoms with Crippen molar-refractivity contribution in [3.63, 3.8) is 0 Å². The first-order valence-electron chi connectivity index (χ1n) is 6.88. The smallest absolute Gasteiger partial charge is 0.0954 e. The summed E-state index contributed by atoms with van der Waals surface area (Å²) < 4.78 is 2.20. The highest BCUT2D eigenvalue weighted by Gasteiger charge is 2.14. The molecule has 0 amide bonds. The normalized spacial score (nSPS) is 13.4. The van der Waals surface area contributed by atoms with E-state index in [2.05, 4.69) is 54.7 Å². The van der Waals surface area contributed by atoms with Gasteiger partial charge in [-0.25, -0.2) is 4.98 Å². The first-order chi connectivity index (χ1) is 9.37. The monoisotopic (exact) mass is 291 g/mol. The lowest BCUT2D eigenvalue weighted by Crippen LogP contribution is -2.35. The maximum Gasteiger partial charge on any atom is 0.0954 e. The maximum atomic E-state index is 5.94. The number of aromatic nitrogens is 2. The van der Waals surface area contributed by atoms with E-state index >= 15 is 0 Å². The Morgan fingerprint density at radius 2 is 1.90 bits per heavy atom. The highest BCUT2D eigenvalue weighted by atomic mass is 35.5. The van der Waals surface area contributed by atoms with Crippen molar-refractivity contribution >= 4 is 11.6 Å². The Bertz CT molecular complexity index is 552. The third kappa shape index (κ3) is 3.84. The molecule has 1 N–H and O–H groups in total. The molecule has 0 aliphatic rings. The number of hydrogen-bond acceptors (Lipinski definition) is 2. The van der Waals surface area contributed by atoms with Crippen LogP contribution in [0, 0.1) is 0 Å². The zero-order valence-electron chi connectivity index (χ0n) is 12.5. The number of benzene rings is 1. The second-order valence-electron chi connectivity index (χ2n) is 6.12. The Kier molecular flexibility index (Phi) is 4.51. The number of imidazole rings is 1. The first-order valence-corrected chi connectivity index (χ1v) is 7.26. The van der Waals surface area contributed by atoms with E-state index in [4.69, 9.17) is 11.6 Å². The molecule has 0 fully saturated rings. The highest BCUT2D eigenvalue weighted by molar-refractivity contribution is 6.30. The van der Waals surface area contributed by atoms with Gasteiger partial charge < -0.3 is 9.88 Å². The minimum Gasteiger partial charge on any atom is -0.326 e. The number of halogens is 1. The third-order valence-electron chi connectivity index (χ3n) is 3.32. The second kappa shape index (κ2) is 5.98. The van der Waals surface area contributed by atoms with Crippen molar-refractivity contribution in [2.75, 3.05) is 0 Å². The van der Waals surface area contributed by atoms with E-state index in [1.54, 1.807) is 0 Å². The highest BCUT2D eigenvalue weighted by Crippen LogP contribution is 2.21. The Balaban J connectivity index is 2.16. The van der Waals surface area contributed by atoms with E-state index in [1.165, 1.54) is 11.3 Å². The van der Waals surface area contributed by atoms with Crippen molar-refractivity contribution in [3.05, 3.63) is 53.1 Å². The van der Waals surface area contributed by atoms with Crippen molar-refractivity contribution in [2.45, 2.75) is 45.8 Å². The summed E-state index contributed by atoms with van der Waals surface area (Å²) in [6, 6.07) is 8.23. The average Bonchev–Trinajstić information content (AvgIpc) is 2.84. The van der Waals surface area contributed by atoms with Crippen molar-refractivity contribution in [3.8, 4) is 0 Å². The molecule has 1 unspecified atom stereocenters. The van der Waals surface area contributed by atoms with Crippen molar-refractivity contribution in [1.29, 1.82) is 0 Å². The number of hydrogen-bond donors (Lipinski definition) is 1. The van der Waals surface area contributed by atoms with Crippen LogP contribution in [0.4, 0.5) is 0 Å². The molecule has 0 spiro atoms. The summed E-state index contributed by atoms with van der Waals surface area (Å²) in [7, 11) is 0. The molecule has 0 bridgehead atoms. The second-order valence-corrected chi connectivity index (χ2v) is 6.56. The molecule has 0 aliphatic heterocycles. The zero-order valence-corrected chi connectivity index (χ0v) is 13.3. The van der Waals surface area contributed by atoms with E-state index in [1.807, 2.05) is 24.7 Å². The van der Waals surface area contributed by atoms with Crippen LogP contribution in [0.2, 0.25) is 5.02 Å². The number of rotatable bonds is 4. The molecule has 108 valence electrons. The SMILES string of the molecule is CC(c1ccc(Cl)cc1)n1cncc1CNC(C)(C)C. The quantitative estimate of drug-likeness (QED) is 0.921. The minimum atomic E-state index is 0.0958. The van der Waals surface area contributed by atoms with Crippen LogP contribution < -0.4 is 5.32 Å². The molecular weight excluding hydrogens is 270 g/mol. The fraction of sp³-hybridized carbons (Fsp3) is 0.438. The standard InChI is InChI=1S/C16H22ClN3/c1-12(13-5-7-14(17)8-6-13)20-11-18-9-15(20)10-19-16(2,3)4/h5-9,11-12,19H,10H2,1-4H3. The fourth-order valence-electron chi connectivity index (χ4n) is 2.08. The summed E-state index contributed by atoms with van der Waals surface area (Å²) in [5.74, 6) is 0. The molecule has 0 aliphatic carbocycles. The largest absolute Gasteiger partial charge is 0.326 e. The zero-order chi connectivity index (χ0) is 14.8. The predicted molar refractivity (Wildman–Crippen MR) is 84.1 cm³/mol. The van der Waals surface area contributed by atoms with E-state index < -0.39 is 0 Å². The molecule has 0 saturated carbocycles. The summed E-state index contributed by atoms with van der Waals surface area (Å²) in [5.41, 5.74) is 2.50. The van der Waals surface area contributed by atoms with Gasteiger partial charge in [-0.1, -0.05) is 23.7 Å². The topological polar surface area (TPSA) is 29.9 Å². The molecule has 1 atom stereocenters. The molecule has 1 aromatic heterocycles.